The summed E-state index contributed by atoms with van der Waals surface area (Å²) in [6.07, 6.45) is 2.48. The third-order valence-electron chi connectivity index (χ3n) is 4.38. The molecule has 5 heteroatoms. The zero-order valence-electron chi connectivity index (χ0n) is 13.5. The van der Waals surface area contributed by atoms with Crippen LogP contribution in [0.5, 0.6) is 0 Å². The highest BCUT2D eigenvalue weighted by molar-refractivity contribution is 7.14. The van der Waals surface area contributed by atoms with Crippen molar-refractivity contribution in [1.82, 2.24) is 4.90 Å². The van der Waals surface area contributed by atoms with Gasteiger partial charge in [-0.3, -0.25) is 9.59 Å². The van der Waals surface area contributed by atoms with E-state index in [-0.39, 0.29) is 17.7 Å². The normalized spacial score (nSPS) is 17.1. The SMILES string of the molecule is CCC1c2ccsc2CCN1C(=O)CCC(=O)c1ccc(C)s1. The van der Waals surface area contributed by atoms with Gasteiger partial charge in [0.25, 0.3) is 0 Å². The summed E-state index contributed by atoms with van der Waals surface area (Å²) in [5, 5.41) is 2.12. The molecule has 3 heterocycles. The number of rotatable bonds is 5. The lowest BCUT2D eigenvalue weighted by molar-refractivity contribution is -0.134. The molecular weight excluding hydrogens is 326 g/mol. The van der Waals surface area contributed by atoms with E-state index in [1.807, 2.05) is 24.0 Å². The number of nitrogens with zero attached hydrogens (tertiary/aromatic N) is 1. The number of fused-ring (bicyclic) bond motifs is 1. The van der Waals surface area contributed by atoms with E-state index in [2.05, 4.69) is 18.4 Å². The van der Waals surface area contributed by atoms with Crippen LogP contribution < -0.4 is 0 Å². The van der Waals surface area contributed by atoms with Gasteiger partial charge < -0.3 is 4.90 Å². The maximum Gasteiger partial charge on any atom is 0.223 e. The lowest BCUT2D eigenvalue weighted by atomic mass is 9.97. The summed E-state index contributed by atoms with van der Waals surface area (Å²) < 4.78 is 0. The van der Waals surface area contributed by atoms with E-state index in [0.717, 1.165) is 29.1 Å². The van der Waals surface area contributed by atoms with Crippen molar-refractivity contribution in [2.45, 2.75) is 45.6 Å². The molecule has 2 aromatic rings. The van der Waals surface area contributed by atoms with Gasteiger partial charge in [-0.05, 0) is 48.9 Å². The van der Waals surface area contributed by atoms with Gasteiger partial charge in [0.15, 0.2) is 5.78 Å². The number of hydrogen-bond acceptors (Lipinski definition) is 4. The third-order valence-corrected chi connectivity index (χ3v) is 6.42. The minimum atomic E-state index is 0.0812. The minimum absolute atomic E-state index is 0.0812. The maximum absolute atomic E-state index is 12.6. The quantitative estimate of drug-likeness (QED) is 0.740. The van der Waals surface area contributed by atoms with Crippen LogP contribution in [0.2, 0.25) is 0 Å². The van der Waals surface area contributed by atoms with E-state index in [1.54, 1.807) is 11.3 Å². The van der Waals surface area contributed by atoms with E-state index in [1.165, 1.54) is 21.8 Å². The van der Waals surface area contributed by atoms with Crippen LogP contribution in [0.25, 0.3) is 0 Å². The standard InChI is InChI=1S/C18H21NO2S2/c1-3-14-13-9-11-22-16(13)8-10-19(14)18(21)7-5-15(20)17-6-4-12(2)23-17/h4,6,9,11,14H,3,5,7-8,10H2,1-2H3. The van der Waals surface area contributed by atoms with Crippen LogP contribution in [0, 0.1) is 6.92 Å². The molecule has 0 saturated heterocycles. The van der Waals surface area contributed by atoms with Gasteiger partial charge in [-0.25, -0.2) is 0 Å². The molecule has 1 aliphatic rings. The zero-order chi connectivity index (χ0) is 16.4. The van der Waals surface area contributed by atoms with Crippen LogP contribution >= 0.6 is 22.7 Å². The van der Waals surface area contributed by atoms with Crippen molar-refractivity contribution in [2.24, 2.45) is 0 Å². The van der Waals surface area contributed by atoms with E-state index < -0.39 is 0 Å². The second-order valence-electron chi connectivity index (χ2n) is 5.89. The summed E-state index contributed by atoms with van der Waals surface area (Å²) in [4.78, 5) is 30.1. The summed E-state index contributed by atoms with van der Waals surface area (Å²) in [6.45, 7) is 4.89. The van der Waals surface area contributed by atoms with Crippen molar-refractivity contribution in [3.63, 3.8) is 0 Å². The molecule has 1 atom stereocenters. The Balaban J connectivity index is 1.63. The second-order valence-corrected chi connectivity index (χ2v) is 8.18. The van der Waals surface area contributed by atoms with Gasteiger partial charge in [0.05, 0.1) is 10.9 Å². The Bertz CT molecular complexity index is 716. The second kappa shape index (κ2) is 6.97. The number of aryl methyl sites for hydroxylation is 1. The first-order valence-electron chi connectivity index (χ1n) is 8.05. The first-order chi connectivity index (χ1) is 11.1. The van der Waals surface area contributed by atoms with Gasteiger partial charge in [-0.2, -0.15) is 0 Å². The first-order valence-corrected chi connectivity index (χ1v) is 9.75. The molecule has 0 aliphatic carbocycles. The summed E-state index contributed by atoms with van der Waals surface area (Å²) >= 11 is 3.29. The molecule has 0 saturated carbocycles. The molecular formula is C18H21NO2S2. The number of Topliss-reactive ketones (excluding diaryl/α,β-unsaturated/α-hetero) is 1. The van der Waals surface area contributed by atoms with Gasteiger partial charge in [0.1, 0.15) is 0 Å². The molecule has 23 heavy (non-hydrogen) atoms. The lowest BCUT2D eigenvalue weighted by Gasteiger charge is -2.35. The number of carbonyl (C=O) groups excluding carboxylic acids is 2. The molecule has 2 aromatic heterocycles. The summed E-state index contributed by atoms with van der Waals surface area (Å²) in [6, 6.07) is 6.14. The Morgan fingerprint density at radius 3 is 2.78 bits per heavy atom. The first kappa shape index (κ1) is 16.4. The molecule has 122 valence electrons. The van der Waals surface area contributed by atoms with Gasteiger partial charge in [-0.1, -0.05) is 6.92 Å². The average molecular weight is 348 g/mol. The number of carbonyl (C=O) groups is 2. The third kappa shape index (κ3) is 3.40. The van der Waals surface area contributed by atoms with Gasteiger partial charge in [-0.15, -0.1) is 22.7 Å². The van der Waals surface area contributed by atoms with Crippen molar-refractivity contribution in [2.75, 3.05) is 6.54 Å². The van der Waals surface area contributed by atoms with Crippen LogP contribution in [0.1, 0.15) is 57.2 Å². The Morgan fingerprint density at radius 2 is 2.09 bits per heavy atom. The zero-order valence-corrected chi connectivity index (χ0v) is 15.1. The maximum atomic E-state index is 12.6. The Morgan fingerprint density at radius 1 is 1.26 bits per heavy atom. The summed E-state index contributed by atoms with van der Waals surface area (Å²) in [7, 11) is 0. The largest absolute Gasteiger partial charge is 0.335 e. The van der Waals surface area contributed by atoms with Gasteiger partial charge >= 0.3 is 0 Å². The molecule has 1 amide bonds. The average Bonchev–Trinajstić information content (AvgIpc) is 3.19. The van der Waals surface area contributed by atoms with Crippen LogP contribution in [0.4, 0.5) is 0 Å². The van der Waals surface area contributed by atoms with Crippen LogP contribution in [0.3, 0.4) is 0 Å². The summed E-state index contributed by atoms with van der Waals surface area (Å²) in [5.41, 5.74) is 1.30. The smallest absolute Gasteiger partial charge is 0.223 e. The number of thiophene rings is 2. The lowest BCUT2D eigenvalue weighted by Crippen LogP contribution is -2.39. The molecule has 0 N–H and O–H groups in total. The molecule has 1 aliphatic heterocycles. The fourth-order valence-electron chi connectivity index (χ4n) is 3.21. The van der Waals surface area contributed by atoms with Crippen LogP contribution in [-0.4, -0.2) is 23.1 Å². The predicted molar refractivity (Wildman–Crippen MR) is 95.4 cm³/mol. The number of amides is 1. The van der Waals surface area contributed by atoms with E-state index in [4.69, 9.17) is 0 Å². The minimum Gasteiger partial charge on any atom is -0.335 e. The summed E-state index contributed by atoms with van der Waals surface area (Å²) in [5.74, 6) is 0.188. The molecule has 3 nitrogen and oxygen atoms in total. The molecule has 1 unspecified atom stereocenters. The number of ketones is 1. The molecule has 0 bridgehead atoms. The fourth-order valence-corrected chi connectivity index (χ4v) is 4.97. The predicted octanol–water partition coefficient (Wildman–Crippen LogP) is 4.62. The molecule has 3 rings (SSSR count). The van der Waals surface area contributed by atoms with Gasteiger partial charge in [0.2, 0.25) is 5.91 Å². The topological polar surface area (TPSA) is 37.4 Å². The molecule has 0 aromatic carbocycles. The van der Waals surface area contributed by atoms with Crippen molar-refractivity contribution < 1.29 is 9.59 Å². The van der Waals surface area contributed by atoms with Gasteiger partial charge in [0, 0.05) is 29.1 Å². The highest BCUT2D eigenvalue weighted by Crippen LogP contribution is 2.35. The Hall–Kier alpha value is -1.46. The molecule has 0 fully saturated rings. The van der Waals surface area contributed by atoms with Crippen LogP contribution in [-0.2, 0) is 11.2 Å². The highest BCUT2D eigenvalue weighted by Gasteiger charge is 2.30. The number of hydrogen-bond donors (Lipinski definition) is 0. The van der Waals surface area contributed by atoms with E-state index >= 15 is 0 Å². The molecule has 0 radical (unpaired) electrons. The van der Waals surface area contributed by atoms with Crippen molar-refractivity contribution in [3.8, 4) is 0 Å². The monoisotopic (exact) mass is 347 g/mol. The van der Waals surface area contributed by atoms with E-state index in [9.17, 15) is 9.59 Å². The van der Waals surface area contributed by atoms with E-state index in [0.29, 0.717) is 12.8 Å². The Labute approximate surface area is 144 Å². The van der Waals surface area contributed by atoms with Crippen molar-refractivity contribution in [3.05, 3.63) is 43.8 Å². The highest BCUT2D eigenvalue weighted by atomic mass is 32.1. The fraction of sp³-hybridized carbons (Fsp3) is 0.444. The van der Waals surface area contributed by atoms with Crippen molar-refractivity contribution in [1.29, 1.82) is 0 Å². The Kier molecular flexibility index (Phi) is 4.97. The van der Waals surface area contributed by atoms with Crippen LogP contribution in [0.15, 0.2) is 23.6 Å². The molecule has 0 spiro atoms. The van der Waals surface area contributed by atoms with Crippen molar-refractivity contribution >= 4 is 34.4 Å².